The van der Waals surface area contributed by atoms with Gasteiger partial charge in [-0.1, -0.05) is 52.8 Å². The largest absolute Gasteiger partial charge is 0.541 e. The summed E-state index contributed by atoms with van der Waals surface area (Å²) in [5, 5.41) is 0.0429. The van der Waals surface area contributed by atoms with Crippen LogP contribution in [0.3, 0.4) is 0 Å². The van der Waals surface area contributed by atoms with Gasteiger partial charge in [-0.3, -0.25) is 4.79 Å². The maximum Gasteiger partial charge on any atom is 0.417 e. The topological polar surface area (TPSA) is 65.1 Å². The van der Waals surface area contributed by atoms with Crippen LogP contribution >= 0.6 is 0 Å². The van der Waals surface area contributed by atoms with Crippen LogP contribution in [0.1, 0.15) is 86.6 Å². The van der Waals surface area contributed by atoms with Crippen LogP contribution in [0, 0.1) is 5.92 Å². The molecule has 2 amide bonds. The number of imide groups is 1. The van der Waals surface area contributed by atoms with Crippen molar-refractivity contribution in [2.45, 2.75) is 111 Å². The molecule has 1 rings (SSSR count). The molecule has 0 saturated carbocycles. The smallest absolute Gasteiger partial charge is 0.417 e. The molecule has 1 aromatic carbocycles. The minimum atomic E-state index is -2.06. The molecule has 0 N–H and O–H groups in total. The second-order valence-electron chi connectivity index (χ2n) is 12.2. The lowest BCUT2D eigenvalue weighted by molar-refractivity contribution is -0.131. The lowest BCUT2D eigenvalue weighted by Gasteiger charge is -2.36. The summed E-state index contributed by atoms with van der Waals surface area (Å²) in [4.78, 5) is 27.3. The Balaban J connectivity index is 3.05. The van der Waals surface area contributed by atoms with Crippen LogP contribution in [0.2, 0.25) is 18.1 Å². The second kappa shape index (κ2) is 13.3. The van der Waals surface area contributed by atoms with E-state index in [2.05, 4.69) is 59.9 Å². The number of rotatable bonds is 11. The van der Waals surface area contributed by atoms with Crippen molar-refractivity contribution in [1.82, 2.24) is 4.90 Å². The van der Waals surface area contributed by atoms with Gasteiger partial charge in [0, 0.05) is 6.42 Å². The molecule has 0 unspecified atom stereocenters. The average Bonchev–Trinajstić information content (AvgIpc) is 2.72. The zero-order valence-corrected chi connectivity index (χ0v) is 25.5. The molecule has 204 valence electrons. The van der Waals surface area contributed by atoms with E-state index in [0.717, 1.165) is 18.4 Å². The monoisotopic (exact) mass is 519 g/mol. The third-order valence-electron chi connectivity index (χ3n) is 6.19. The van der Waals surface area contributed by atoms with Crippen LogP contribution in [0.4, 0.5) is 4.79 Å². The highest BCUT2D eigenvalue weighted by atomic mass is 28.4. The molecule has 0 spiro atoms. The standard InChI is InChI=1S/C29H49NO5Si/c1-22(2)16-14-12-13-15-17-26(31)30(27(32)34-28(3,4)5)21-23-18-19-24(25(20-23)33-9)35-36(10,11)29(6,7)8/h14,16,18-20,22H,12-13,15,17,21H2,1-11H3/b16-14-. The van der Waals surface area contributed by atoms with Crippen LogP contribution in [-0.2, 0) is 16.1 Å². The van der Waals surface area contributed by atoms with E-state index in [0.29, 0.717) is 30.3 Å². The molecule has 0 fully saturated rings. The second-order valence-corrected chi connectivity index (χ2v) is 17.0. The predicted octanol–water partition coefficient (Wildman–Crippen LogP) is 8.12. The third kappa shape index (κ3) is 10.8. The maximum atomic E-state index is 13.1. The molecule has 0 aliphatic carbocycles. The zero-order chi connectivity index (χ0) is 27.7. The van der Waals surface area contributed by atoms with E-state index in [9.17, 15) is 9.59 Å². The van der Waals surface area contributed by atoms with Crippen LogP contribution in [0.5, 0.6) is 11.5 Å². The molecule has 0 atom stereocenters. The van der Waals surface area contributed by atoms with Crippen molar-refractivity contribution in [3.8, 4) is 11.5 Å². The van der Waals surface area contributed by atoms with E-state index in [4.69, 9.17) is 13.9 Å². The molecular weight excluding hydrogens is 470 g/mol. The Morgan fingerprint density at radius 1 is 1.03 bits per heavy atom. The van der Waals surface area contributed by atoms with Crippen molar-refractivity contribution in [2.75, 3.05) is 7.11 Å². The van der Waals surface area contributed by atoms with E-state index in [1.54, 1.807) is 27.9 Å². The Bertz CT molecular complexity index is 894. The summed E-state index contributed by atoms with van der Waals surface area (Å²) in [6.45, 7) is 20.7. The summed E-state index contributed by atoms with van der Waals surface area (Å²) in [5.74, 6) is 1.55. The van der Waals surface area contributed by atoms with E-state index >= 15 is 0 Å². The summed E-state index contributed by atoms with van der Waals surface area (Å²) in [7, 11) is -0.461. The van der Waals surface area contributed by atoms with Gasteiger partial charge in [-0.2, -0.15) is 0 Å². The molecule has 7 heteroatoms. The molecule has 0 heterocycles. The fourth-order valence-corrected chi connectivity index (χ4v) is 4.14. The van der Waals surface area contributed by atoms with E-state index in [1.807, 2.05) is 18.2 Å². The van der Waals surface area contributed by atoms with Crippen molar-refractivity contribution in [3.63, 3.8) is 0 Å². The van der Waals surface area contributed by atoms with Crippen LogP contribution < -0.4 is 9.16 Å². The molecule has 0 aromatic heterocycles. The first-order valence-electron chi connectivity index (χ1n) is 13.0. The highest BCUT2D eigenvalue weighted by Crippen LogP contribution is 2.40. The first-order valence-corrected chi connectivity index (χ1v) is 15.9. The van der Waals surface area contributed by atoms with Crippen molar-refractivity contribution >= 4 is 20.3 Å². The number of methoxy groups -OCH3 is 1. The average molecular weight is 520 g/mol. The predicted molar refractivity (Wildman–Crippen MR) is 150 cm³/mol. The number of carbonyl (C=O) groups is 2. The van der Waals surface area contributed by atoms with Gasteiger partial charge >= 0.3 is 6.09 Å². The highest BCUT2D eigenvalue weighted by molar-refractivity contribution is 6.74. The first-order chi connectivity index (χ1) is 16.5. The third-order valence-corrected chi connectivity index (χ3v) is 10.5. The molecule has 6 nitrogen and oxygen atoms in total. The number of benzene rings is 1. The van der Waals surface area contributed by atoms with Gasteiger partial charge in [0.1, 0.15) is 11.4 Å². The van der Waals surface area contributed by atoms with Crippen molar-refractivity contribution < 1.29 is 23.5 Å². The lowest BCUT2D eigenvalue weighted by Crippen LogP contribution is -2.44. The fraction of sp³-hybridized carbons (Fsp3) is 0.655. The van der Waals surface area contributed by atoms with E-state index in [-0.39, 0.29) is 17.5 Å². The van der Waals surface area contributed by atoms with Crippen LogP contribution in [-0.4, -0.2) is 37.9 Å². The van der Waals surface area contributed by atoms with Gasteiger partial charge in [0.25, 0.3) is 8.32 Å². The Hall–Kier alpha value is -2.28. The SMILES string of the molecule is COc1cc(CN(C(=O)CCCC/C=C\C(C)C)C(=O)OC(C)(C)C)ccc1O[Si](C)(C)C(C)(C)C. The molecule has 1 aromatic rings. The van der Waals surface area contributed by atoms with Crippen molar-refractivity contribution in [2.24, 2.45) is 5.92 Å². The molecule has 0 aliphatic heterocycles. The first kappa shape index (κ1) is 31.7. The number of carbonyl (C=O) groups excluding carboxylic acids is 2. The lowest BCUT2D eigenvalue weighted by atomic mass is 10.1. The van der Waals surface area contributed by atoms with Gasteiger partial charge in [0.2, 0.25) is 5.91 Å². The zero-order valence-electron chi connectivity index (χ0n) is 24.5. The molecule has 0 saturated heterocycles. The van der Waals surface area contributed by atoms with Gasteiger partial charge in [-0.05, 0) is 81.8 Å². The quantitative estimate of drug-likeness (QED) is 0.168. The molecule has 0 aliphatic rings. The summed E-state index contributed by atoms with van der Waals surface area (Å²) < 4.78 is 17.6. The minimum absolute atomic E-state index is 0.0429. The number of nitrogens with zero attached hydrogens (tertiary/aromatic N) is 1. The minimum Gasteiger partial charge on any atom is -0.541 e. The molecule has 0 radical (unpaired) electrons. The number of hydrogen-bond acceptors (Lipinski definition) is 5. The summed E-state index contributed by atoms with van der Waals surface area (Å²) in [6, 6.07) is 5.59. The highest BCUT2D eigenvalue weighted by Gasteiger charge is 2.39. The molecular formula is C29H49NO5Si. The van der Waals surface area contributed by atoms with Crippen LogP contribution in [0.15, 0.2) is 30.4 Å². The maximum absolute atomic E-state index is 13.1. The Kier molecular flexibility index (Phi) is 11.7. The van der Waals surface area contributed by atoms with Gasteiger partial charge < -0.3 is 13.9 Å². The van der Waals surface area contributed by atoms with Gasteiger partial charge in [-0.15, -0.1) is 0 Å². The van der Waals surface area contributed by atoms with Crippen molar-refractivity contribution in [3.05, 3.63) is 35.9 Å². The number of hydrogen-bond donors (Lipinski definition) is 0. The summed E-state index contributed by atoms with van der Waals surface area (Å²) in [6.07, 6.45) is 6.51. The number of amides is 2. The number of ether oxygens (including phenoxy) is 2. The molecule has 36 heavy (non-hydrogen) atoms. The Morgan fingerprint density at radius 3 is 2.19 bits per heavy atom. The van der Waals surface area contributed by atoms with Gasteiger partial charge in [0.05, 0.1) is 13.7 Å². The summed E-state index contributed by atoms with van der Waals surface area (Å²) >= 11 is 0. The van der Waals surface area contributed by atoms with Crippen LogP contribution in [0.25, 0.3) is 0 Å². The van der Waals surface area contributed by atoms with Gasteiger partial charge in [-0.25, -0.2) is 9.69 Å². The fourth-order valence-electron chi connectivity index (χ4n) is 3.12. The number of allylic oxidation sites excluding steroid dienone is 2. The van der Waals surface area contributed by atoms with Gasteiger partial charge in [0.15, 0.2) is 5.75 Å². The van der Waals surface area contributed by atoms with E-state index in [1.165, 1.54) is 4.90 Å². The van der Waals surface area contributed by atoms with E-state index < -0.39 is 20.0 Å². The Labute approximate surface area is 220 Å². The van der Waals surface area contributed by atoms with Crippen molar-refractivity contribution in [1.29, 1.82) is 0 Å². The number of unbranched alkanes of at least 4 members (excludes halogenated alkanes) is 2. The Morgan fingerprint density at radius 2 is 1.67 bits per heavy atom. The summed E-state index contributed by atoms with van der Waals surface area (Å²) in [5.41, 5.74) is 0.0732. The molecule has 0 bridgehead atoms. The normalized spacial score (nSPS) is 12.7.